The minimum Gasteiger partial charge on any atom is -0.461 e. The van der Waals surface area contributed by atoms with Gasteiger partial charge in [0.15, 0.2) is 0 Å². The van der Waals surface area contributed by atoms with Gasteiger partial charge < -0.3 is 4.74 Å². The van der Waals surface area contributed by atoms with E-state index in [0.29, 0.717) is 5.02 Å². The summed E-state index contributed by atoms with van der Waals surface area (Å²) in [5.74, 6) is -0.546. The highest BCUT2D eigenvalue weighted by Crippen LogP contribution is 2.15. The number of benzene rings is 1. The summed E-state index contributed by atoms with van der Waals surface area (Å²) in [6, 6.07) is 7.19. The van der Waals surface area contributed by atoms with Gasteiger partial charge in [-0.3, -0.25) is 4.79 Å². The highest BCUT2D eigenvalue weighted by atomic mass is 35.5. The average Bonchev–Trinajstić information content (AvgIpc) is 2.03. The third kappa shape index (κ3) is 2.55. The first-order chi connectivity index (χ1) is 5.70. The molecule has 0 unspecified atom stereocenters. The second-order valence-electron chi connectivity index (χ2n) is 2.25. The van der Waals surface area contributed by atoms with Crippen LogP contribution >= 0.6 is 11.6 Å². The number of carbonyl (C=O) groups is 1. The van der Waals surface area contributed by atoms with Crippen molar-refractivity contribution in [3.63, 3.8) is 0 Å². The van der Waals surface area contributed by atoms with Crippen LogP contribution in [0, 0.1) is 6.92 Å². The summed E-state index contributed by atoms with van der Waals surface area (Å²) in [5.41, 5.74) is 0.788. The molecule has 1 aromatic rings. The zero-order chi connectivity index (χ0) is 8.97. The zero-order valence-corrected chi connectivity index (χ0v) is 7.17. The van der Waals surface area contributed by atoms with Crippen molar-refractivity contribution in [3.8, 4) is 0 Å². The molecule has 0 aliphatic heterocycles. The van der Waals surface area contributed by atoms with E-state index in [4.69, 9.17) is 11.6 Å². The average molecular weight is 184 g/mol. The summed E-state index contributed by atoms with van der Waals surface area (Å²) in [7, 11) is 0. The first kappa shape index (κ1) is 9.07. The van der Waals surface area contributed by atoms with E-state index < -0.39 is 5.97 Å². The summed E-state index contributed by atoms with van der Waals surface area (Å²) in [5, 5.41) is 0.596. The Morgan fingerprint density at radius 1 is 1.50 bits per heavy atom. The van der Waals surface area contributed by atoms with Crippen LogP contribution in [0.15, 0.2) is 24.3 Å². The Bertz CT molecular complexity index is 284. The van der Waals surface area contributed by atoms with E-state index in [1.165, 1.54) is 0 Å². The summed E-state index contributed by atoms with van der Waals surface area (Å²) in [6.07, 6.45) is 0. The van der Waals surface area contributed by atoms with E-state index in [-0.39, 0.29) is 6.61 Å². The van der Waals surface area contributed by atoms with Crippen LogP contribution in [-0.2, 0) is 16.1 Å². The van der Waals surface area contributed by atoms with Crippen LogP contribution in [0.3, 0.4) is 0 Å². The van der Waals surface area contributed by atoms with Gasteiger partial charge in [-0.1, -0.05) is 29.8 Å². The van der Waals surface area contributed by atoms with Gasteiger partial charge in [0.1, 0.15) is 6.61 Å². The molecule has 0 N–H and O–H groups in total. The van der Waals surface area contributed by atoms with Crippen LogP contribution in [0.1, 0.15) is 5.56 Å². The number of rotatable bonds is 2. The molecule has 3 heteroatoms. The van der Waals surface area contributed by atoms with Crippen molar-refractivity contribution in [1.82, 2.24) is 0 Å². The highest BCUT2D eigenvalue weighted by molar-refractivity contribution is 6.31. The normalized spacial score (nSPS) is 9.50. The molecule has 0 spiro atoms. The molecule has 1 aromatic carbocycles. The molecule has 1 rings (SSSR count). The molecule has 0 bridgehead atoms. The number of carbonyl (C=O) groups excluding carboxylic acids is 1. The fourth-order valence-electron chi connectivity index (χ4n) is 0.774. The molecule has 0 saturated carbocycles. The predicted molar refractivity (Wildman–Crippen MR) is 46.6 cm³/mol. The summed E-state index contributed by atoms with van der Waals surface area (Å²) in [6.45, 7) is 3.26. The van der Waals surface area contributed by atoms with Crippen molar-refractivity contribution in [2.75, 3.05) is 0 Å². The fourth-order valence-corrected chi connectivity index (χ4v) is 0.964. The van der Waals surface area contributed by atoms with Crippen LogP contribution in [0.2, 0.25) is 5.02 Å². The van der Waals surface area contributed by atoms with Crippen LogP contribution in [0.25, 0.3) is 0 Å². The maximum Gasteiger partial charge on any atom is 0.306 e. The van der Waals surface area contributed by atoms with Gasteiger partial charge in [0.25, 0.3) is 0 Å². The first-order valence-electron chi connectivity index (χ1n) is 3.42. The molecular formula is C9H8ClO2. The van der Waals surface area contributed by atoms with Crippen molar-refractivity contribution in [2.24, 2.45) is 0 Å². The molecule has 0 aliphatic carbocycles. The minimum atomic E-state index is -0.546. The van der Waals surface area contributed by atoms with Crippen LogP contribution < -0.4 is 0 Å². The van der Waals surface area contributed by atoms with E-state index in [1.54, 1.807) is 12.1 Å². The van der Waals surface area contributed by atoms with Crippen molar-refractivity contribution in [1.29, 1.82) is 0 Å². The van der Waals surface area contributed by atoms with Gasteiger partial charge in [-0.25, -0.2) is 0 Å². The van der Waals surface area contributed by atoms with E-state index in [2.05, 4.69) is 11.7 Å². The van der Waals surface area contributed by atoms with Gasteiger partial charge in [0.05, 0.1) is 6.92 Å². The number of esters is 1. The Morgan fingerprint density at radius 3 is 2.75 bits per heavy atom. The zero-order valence-electron chi connectivity index (χ0n) is 6.42. The molecule has 0 amide bonds. The minimum absolute atomic E-state index is 0.183. The summed E-state index contributed by atoms with van der Waals surface area (Å²) >= 11 is 5.80. The first-order valence-corrected chi connectivity index (χ1v) is 3.80. The molecular weight excluding hydrogens is 176 g/mol. The Morgan fingerprint density at radius 2 is 2.17 bits per heavy atom. The molecule has 0 aliphatic rings. The molecule has 0 heterocycles. The lowest BCUT2D eigenvalue weighted by atomic mass is 10.2. The van der Waals surface area contributed by atoms with Gasteiger partial charge in [0, 0.05) is 10.6 Å². The van der Waals surface area contributed by atoms with Crippen molar-refractivity contribution >= 4 is 17.6 Å². The molecule has 12 heavy (non-hydrogen) atoms. The summed E-state index contributed by atoms with van der Waals surface area (Å²) < 4.78 is 4.67. The Kier molecular flexibility index (Phi) is 3.11. The second-order valence-corrected chi connectivity index (χ2v) is 2.66. The lowest BCUT2D eigenvalue weighted by molar-refractivity contribution is -0.139. The van der Waals surface area contributed by atoms with Crippen LogP contribution in [0.4, 0.5) is 0 Å². The van der Waals surface area contributed by atoms with Gasteiger partial charge in [0.2, 0.25) is 0 Å². The molecule has 2 nitrogen and oxygen atoms in total. The van der Waals surface area contributed by atoms with Crippen LogP contribution in [-0.4, -0.2) is 5.97 Å². The van der Waals surface area contributed by atoms with Gasteiger partial charge in [-0.2, -0.15) is 0 Å². The Balaban J connectivity index is 2.63. The van der Waals surface area contributed by atoms with E-state index in [1.807, 2.05) is 12.1 Å². The van der Waals surface area contributed by atoms with Crippen molar-refractivity contribution in [2.45, 2.75) is 6.61 Å². The van der Waals surface area contributed by atoms with E-state index in [9.17, 15) is 4.79 Å². The number of hydrogen-bond donors (Lipinski definition) is 0. The molecule has 1 radical (unpaired) electrons. The maximum atomic E-state index is 10.4. The fraction of sp³-hybridized carbons (Fsp3) is 0.111. The summed E-state index contributed by atoms with van der Waals surface area (Å²) in [4.78, 5) is 10.4. The predicted octanol–water partition coefficient (Wildman–Crippen LogP) is 2.22. The Hall–Kier alpha value is -1.02. The standard InChI is InChI=1S/C9H8ClO2/c1-7(11)12-6-8-4-2-3-5-9(8)10/h2-5H,1,6H2. The van der Waals surface area contributed by atoms with Gasteiger partial charge in [-0.15, -0.1) is 0 Å². The molecule has 0 aromatic heterocycles. The monoisotopic (exact) mass is 183 g/mol. The number of halogens is 1. The largest absolute Gasteiger partial charge is 0.461 e. The van der Waals surface area contributed by atoms with Gasteiger partial charge >= 0.3 is 5.97 Å². The SMILES string of the molecule is [CH2]C(=O)OCc1ccccc1Cl. The van der Waals surface area contributed by atoms with E-state index in [0.717, 1.165) is 5.56 Å². The molecule has 0 saturated heterocycles. The number of hydrogen-bond acceptors (Lipinski definition) is 2. The second kappa shape index (κ2) is 4.12. The molecule has 63 valence electrons. The van der Waals surface area contributed by atoms with Gasteiger partial charge in [-0.05, 0) is 6.07 Å². The van der Waals surface area contributed by atoms with Crippen LogP contribution in [0.5, 0.6) is 0 Å². The number of ether oxygens (including phenoxy) is 1. The van der Waals surface area contributed by atoms with Crippen molar-refractivity contribution in [3.05, 3.63) is 41.8 Å². The molecule has 0 fully saturated rings. The lowest BCUT2D eigenvalue weighted by Crippen LogP contribution is -1.99. The smallest absolute Gasteiger partial charge is 0.306 e. The maximum absolute atomic E-state index is 10.4. The topological polar surface area (TPSA) is 26.3 Å². The Labute approximate surface area is 76.1 Å². The lowest BCUT2D eigenvalue weighted by Gasteiger charge is -2.02. The quantitative estimate of drug-likeness (QED) is 0.658. The molecule has 0 atom stereocenters. The van der Waals surface area contributed by atoms with E-state index >= 15 is 0 Å². The van der Waals surface area contributed by atoms with Crippen molar-refractivity contribution < 1.29 is 9.53 Å². The third-order valence-corrected chi connectivity index (χ3v) is 1.72. The third-order valence-electron chi connectivity index (χ3n) is 1.35. The highest BCUT2D eigenvalue weighted by Gasteiger charge is 1.99.